The number of anilines is 1. The summed E-state index contributed by atoms with van der Waals surface area (Å²) < 4.78 is 0. The van der Waals surface area contributed by atoms with Crippen molar-refractivity contribution in [2.24, 2.45) is 0 Å². The molecule has 1 aliphatic rings. The molecule has 0 spiro atoms. The lowest BCUT2D eigenvalue weighted by molar-refractivity contribution is 0.0911. The molecule has 2 rings (SSSR count). The van der Waals surface area contributed by atoms with Crippen LogP contribution in [0.3, 0.4) is 0 Å². The lowest BCUT2D eigenvalue weighted by Crippen LogP contribution is -2.44. The first kappa shape index (κ1) is 15.1. The van der Waals surface area contributed by atoms with Gasteiger partial charge in [-0.1, -0.05) is 18.5 Å². The topological polar surface area (TPSA) is 58.4 Å². The summed E-state index contributed by atoms with van der Waals surface area (Å²) in [7, 11) is 0. The van der Waals surface area contributed by atoms with Crippen molar-refractivity contribution in [2.45, 2.75) is 32.2 Å². The number of amides is 1. The minimum absolute atomic E-state index is 0.107. The van der Waals surface area contributed by atoms with Crippen LogP contribution >= 0.6 is 11.6 Å². The minimum atomic E-state index is -0.107. The van der Waals surface area contributed by atoms with Gasteiger partial charge >= 0.3 is 0 Å². The Morgan fingerprint density at radius 3 is 2.75 bits per heavy atom. The second-order valence-electron chi connectivity index (χ2n) is 5.33. The maximum atomic E-state index is 12.2. The zero-order chi connectivity index (χ0) is 14.5. The summed E-state index contributed by atoms with van der Waals surface area (Å²) in [4.78, 5) is 14.6. The SMILES string of the molecule is CCCN1CCC(NC(=O)c2ccc(N)cc2Cl)CC1. The summed E-state index contributed by atoms with van der Waals surface area (Å²) in [5.41, 5.74) is 6.70. The molecule has 1 saturated heterocycles. The van der Waals surface area contributed by atoms with Crippen molar-refractivity contribution in [3.05, 3.63) is 28.8 Å². The monoisotopic (exact) mass is 295 g/mol. The summed E-state index contributed by atoms with van der Waals surface area (Å²) in [5, 5.41) is 3.48. The molecule has 0 unspecified atom stereocenters. The molecule has 1 aliphatic heterocycles. The Kier molecular flexibility index (Phi) is 5.26. The number of nitrogens with zero attached hydrogens (tertiary/aromatic N) is 1. The number of nitrogens with one attached hydrogen (secondary N) is 1. The minimum Gasteiger partial charge on any atom is -0.399 e. The normalized spacial score (nSPS) is 17.1. The fourth-order valence-corrected chi connectivity index (χ4v) is 2.87. The maximum Gasteiger partial charge on any atom is 0.253 e. The Morgan fingerprint density at radius 2 is 2.15 bits per heavy atom. The van der Waals surface area contributed by atoms with Gasteiger partial charge in [0.05, 0.1) is 10.6 Å². The molecule has 110 valence electrons. The van der Waals surface area contributed by atoms with Crippen LogP contribution in [0.1, 0.15) is 36.5 Å². The molecule has 1 fully saturated rings. The van der Waals surface area contributed by atoms with E-state index in [1.807, 2.05) is 0 Å². The van der Waals surface area contributed by atoms with Crippen molar-refractivity contribution < 1.29 is 4.79 Å². The van der Waals surface area contributed by atoms with Gasteiger partial charge in [-0.25, -0.2) is 0 Å². The van der Waals surface area contributed by atoms with Crippen molar-refractivity contribution >= 4 is 23.2 Å². The standard InChI is InChI=1S/C15H22ClN3O/c1-2-7-19-8-5-12(6-9-19)18-15(20)13-4-3-11(17)10-14(13)16/h3-4,10,12H,2,5-9,17H2,1H3,(H,18,20). The van der Waals surface area contributed by atoms with Gasteiger partial charge in [0.15, 0.2) is 0 Å². The predicted molar refractivity (Wildman–Crippen MR) is 83.1 cm³/mol. The fraction of sp³-hybridized carbons (Fsp3) is 0.533. The van der Waals surface area contributed by atoms with Gasteiger partial charge in [-0.15, -0.1) is 0 Å². The molecule has 5 heteroatoms. The molecule has 0 bridgehead atoms. The van der Waals surface area contributed by atoms with Gasteiger partial charge in [-0.2, -0.15) is 0 Å². The zero-order valence-corrected chi connectivity index (χ0v) is 12.6. The molecule has 0 saturated carbocycles. The predicted octanol–water partition coefficient (Wildman–Crippen LogP) is 2.53. The Hall–Kier alpha value is -1.26. The lowest BCUT2D eigenvalue weighted by atomic mass is 10.0. The van der Waals surface area contributed by atoms with E-state index in [0.717, 1.165) is 32.5 Å². The highest BCUT2D eigenvalue weighted by Crippen LogP contribution is 2.20. The highest BCUT2D eigenvalue weighted by Gasteiger charge is 2.21. The number of benzene rings is 1. The van der Waals surface area contributed by atoms with E-state index in [1.165, 1.54) is 6.42 Å². The number of carbonyl (C=O) groups is 1. The van der Waals surface area contributed by atoms with Gasteiger partial charge < -0.3 is 16.0 Å². The highest BCUT2D eigenvalue weighted by atomic mass is 35.5. The molecule has 0 aromatic heterocycles. The van der Waals surface area contributed by atoms with Crippen LogP contribution in [0.2, 0.25) is 5.02 Å². The molecule has 1 amide bonds. The van der Waals surface area contributed by atoms with Crippen molar-refractivity contribution in [1.82, 2.24) is 10.2 Å². The Bertz CT molecular complexity index is 470. The number of hydrogen-bond acceptors (Lipinski definition) is 3. The second kappa shape index (κ2) is 6.95. The number of carbonyl (C=O) groups excluding carboxylic acids is 1. The number of nitrogen functional groups attached to an aromatic ring is 1. The highest BCUT2D eigenvalue weighted by molar-refractivity contribution is 6.34. The molecular formula is C15H22ClN3O. The quantitative estimate of drug-likeness (QED) is 0.839. The summed E-state index contributed by atoms with van der Waals surface area (Å²) in [6, 6.07) is 5.23. The van der Waals surface area contributed by atoms with E-state index < -0.39 is 0 Å². The van der Waals surface area contributed by atoms with Crippen LogP contribution in [-0.4, -0.2) is 36.5 Å². The smallest absolute Gasteiger partial charge is 0.253 e. The third kappa shape index (κ3) is 3.87. The molecule has 0 aliphatic carbocycles. The number of nitrogens with two attached hydrogens (primary N) is 1. The molecule has 4 nitrogen and oxygen atoms in total. The maximum absolute atomic E-state index is 12.2. The summed E-state index contributed by atoms with van der Waals surface area (Å²) >= 11 is 6.06. The van der Waals surface area contributed by atoms with Crippen molar-refractivity contribution in [2.75, 3.05) is 25.4 Å². The molecule has 20 heavy (non-hydrogen) atoms. The fourth-order valence-electron chi connectivity index (χ4n) is 2.60. The van der Waals surface area contributed by atoms with Crippen LogP contribution in [0.25, 0.3) is 0 Å². The van der Waals surface area contributed by atoms with Crippen molar-refractivity contribution in [3.63, 3.8) is 0 Å². The Balaban J connectivity index is 1.89. The van der Waals surface area contributed by atoms with E-state index in [0.29, 0.717) is 16.3 Å². The van der Waals surface area contributed by atoms with Gasteiger partial charge in [0.2, 0.25) is 0 Å². The van der Waals surface area contributed by atoms with E-state index in [9.17, 15) is 4.79 Å². The van der Waals surface area contributed by atoms with Gasteiger partial charge in [0.25, 0.3) is 5.91 Å². The first-order valence-corrected chi connectivity index (χ1v) is 7.56. The van der Waals surface area contributed by atoms with E-state index >= 15 is 0 Å². The number of hydrogen-bond donors (Lipinski definition) is 2. The van der Waals surface area contributed by atoms with Gasteiger partial charge in [-0.05, 0) is 44.0 Å². The van der Waals surface area contributed by atoms with Crippen LogP contribution < -0.4 is 11.1 Å². The number of rotatable bonds is 4. The molecule has 3 N–H and O–H groups in total. The molecule has 1 aromatic rings. The van der Waals surface area contributed by atoms with Crippen LogP contribution in [0.15, 0.2) is 18.2 Å². The average molecular weight is 296 g/mol. The Labute approximate surface area is 125 Å². The number of halogens is 1. The first-order valence-electron chi connectivity index (χ1n) is 7.18. The third-order valence-electron chi connectivity index (χ3n) is 3.70. The Morgan fingerprint density at radius 1 is 1.45 bits per heavy atom. The average Bonchev–Trinajstić information content (AvgIpc) is 2.41. The van der Waals surface area contributed by atoms with E-state index in [2.05, 4.69) is 17.1 Å². The summed E-state index contributed by atoms with van der Waals surface area (Å²) in [6.07, 6.45) is 3.18. The molecular weight excluding hydrogens is 274 g/mol. The van der Waals surface area contributed by atoms with Gasteiger partial charge in [-0.3, -0.25) is 4.79 Å². The van der Waals surface area contributed by atoms with Gasteiger partial charge in [0, 0.05) is 24.8 Å². The molecule has 1 aromatic carbocycles. The molecule has 0 radical (unpaired) electrons. The van der Waals surface area contributed by atoms with E-state index in [-0.39, 0.29) is 11.9 Å². The third-order valence-corrected chi connectivity index (χ3v) is 4.01. The molecule has 0 atom stereocenters. The van der Waals surface area contributed by atoms with Crippen molar-refractivity contribution in [1.29, 1.82) is 0 Å². The number of likely N-dealkylation sites (tertiary alicyclic amines) is 1. The zero-order valence-electron chi connectivity index (χ0n) is 11.9. The number of piperidine rings is 1. The largest absolute Gasteiger partial charge is 0.399 e. The van der Waals surface area contributed by atoms with Crippen LogP contribution in [0.4, 0.5) is 5.69 Å². The summed E-state index contributed by atoms with van der Waals surface area (Å²) in [5.74, 6) is -0.107. The van der Waals surface area contributed by atoms with Crippen molar-refractivity contribution in [3.8, 4) is 0 Å². The summed E-state index contributed by atoms with van der Waals surface area (Å²) in [6.45, 7) is 5.43. The molecule has 1 heterocycles. The van der Waals surface area contributed by atoms with E-state index in [1.54, 1.807) is 18.2 Å². The van der Waals surface area contributed by atoms with Crippen LogP contribution in [0, 0.1) is 0 Å². The van der Waals surface area contributed by atoms with Gasteiger partial charge in [0.1, 0.15) is 0 Å². The van der Waals surface area contributed by atoms with Crippen LogP contribution in [-0.2, 0) is 0 Å². The second-order valence-corrected chi connectivity index (χ2v) is 5.74. The van der Waals surface area contributed by atoms with E-state index in [4.69, 9.17) is 17.3 Å². The lowest BCUT2D eigenvalue weighted by Gasteiger charge is -2.32. The van der Waals surface area contributed by atoms with Crippen LogP contribution in [0.5, 0.6) is 0 Å². The first-order chi connectivity index (χ1) is 9.60.